The number of carbonyl (C=O) groups is 1. The van der Waals surface area contributed by atoms with Crippen molar-refractivity contribution in [2.45, 2.75) is 32.5 Å². The van der Waals surface area contributed by atoms with Gasteiger partial charge in [0.05, 0.1) is 6.61 Å². The summed E-state index contributed by atoms with van der Waals surface area (Å²) < 4.78 is 45.5. The number of carbonyl (C=O) groups excluding carboxylic acids is 1. The molecule has 0 atom stereocenters. The van der Waals surface area contributed by atoms with Crippen LogP contribution in [0.25, 0.3) is 5.65 Å². The molecule has 3 aromatic rings. The number of amides is 1. The number of piperidine rings is 1. The fraction of sp³-hybridized carbons (Fsp3) is 0.450. The van der Waals surface area contributed by atoms with Crippen LogP contribution in [-0.2, 0) is 17.5 Å². The standard InChI is InChI=1S/C20H22F3N7O2/c1-2-32-18-14(4-3-9-24-18)12-25-17(31)13-7-10-29(11-8-13)16-6-5-15-26-27-19(20(21,22)23)30(15)28-16/h3-6,9,13H,2,7-8,10-12H2,1H3,(H,25,31). The summed E-state index contributed by atoms with van der Waals surface area (Å²) >= 11 is 0. The van der Waals surface area contributed by atoms with E-state index in [2.05, 4.69) is 25.6 Å². The third-order valence-electron chi connectivity index (χ3n) is 5.28. The van der Waals surface area contributed by atoms with Gasteiger partial charge in [-0.1, -0.05) is 6.07 Å². The van der Waals surface area contributed by atoms with E-state index in [1.54, 1.807) is 18.3 Å². The normalized spacial score (nSPS) is 15.2. The molecular formula is C20H22F3N7O2. The topological polar surface area (TPSA) is 97.5 Å². The summed E-state index contributed by atoms with van der Waals surface area (Å²) in [7, 11) is 0. The van der Waals surface area contributed by atoms with Crippen molar-refractivity contribution in [3.05, 3.63) is 41.9 Å². The van der Waals surface area contributed by atoms with Gasteiger partial charge in [-0.25, -0.2) is 4.98 Å². The van der Waals surface area contributed by atoms with Crippen molar-refractivity contribution < 1.29 is 22.7 Å². The Kier molecular flexibility index (Phi) is 6.10. The van der Waals surface area contributed by atoms with Gasteiger partial charge < -0.3 is 15.0 Å². The molecule has 4 rings (SSSR count). The Morgan fingerprint density at radius 3 is 2.72 bits per heavy atom. The third-order valence-corrected chi connectivity index (χ3v) is 5.28. The van der Waals surface area contributed by atoms with Crippen molar-refractivity contribution in [1.29, 1.82) is 0 Å². The first kappa shape index (κ1) is 21.8. The van der Waals surface area contributed by atoms with Gasteiger partial charge in [0.25, 0.3) is 5.82 Å². The predicted octanol–water partition coefficient (Wildman–Crippen LogP) is 2.47. The Labute approximate surface area is 181 Å². The van der Waals surface area contributed by atoms with Gasteiger partial charge in [0.2, 0.25) is 11.8 Å². The SMILES string of the molecule is CCOc1ncccc1CNC(=O)C1CCN(c2ccc3nnc(C(F)(F)F)n3n2)CC1. The minimum atomic E-state index is -4.65. The molecule has 1 aliphatic rings. The maximum Gasteiger partial charge on any atom is 0.453 e. The number of nitrogens with one attached hydrogen (secondary N) is 1. The number of hydrogen-bond acceptors (Lipinski definition) is 7. The Morgan fingerprint density at radius 1 is 1.22 bits per heavy atom. The van der Waals surface area contributed by atoms with Crippen LogP contribution < -0.4 is 15.0 Å². The summed E-state index contributed by atoms with van der Waals surface area (Å²) in [6, 6.07) is 6.70. The van der Waals surface area contributed by atoms with Gasteiger partial charge >= 0.3 is 6.18 Å². The molecule has 3 aromatic heterocycles. The van der Waals surface area contributed by atoms with Crippen LogP contribution in [0.15, 0.2) is 30.5 Å². The van der Waals surface area contributed by atoms with Crippen LogP contribution in [0.5, 0.6) is 5.88 Å². The highest BCUT2D eigenvalue weighted by Gasteiger charge is 2.38. The monoisotopic (exact) mass is 449 g/mol. The van der Waals surface area contributed by atoms with Crippen molar-refractivity contribution >= 4 is 17.4 Å². The molecule has 1 fully saturated rings. The molecule has 0 aromatic carbocycles. The Balaban J connectivity index is 1.36. The van der Waals surface area contributed by atoms with E-state index in [1.165, 1.54) is 6.07 Å². The van der Waals surface area contributed by atoms with E-state index in [-0.39, 0.29) is 17.5 Å². The first-order valence-electron chi connectivity index (χ1n) is 10.3. The summed E-state index contributed by atoms with van der Waals surface area (Å²) in [5.74, 6) is -0.539. The van der Waals surface area contributed by atoms with Gasteiger partial charge in [-0.3, -0.25) is 4.79 Å². The molecule has 0 bridgehead atoms. The van der Waals surface area contributed by atoms with Crippen molar-refractivity contribution in [2.24, 2.45) is 5.92 Å². The molecule has 12 heteroatoms. The molecule has 1 N–H and O–H groups in total. The summed E-state index contributed by atoms with van der Waals surface area (Å²) in [6.45, 7) is 3.66. The number of anilines is 1. The molecule has 0 unspecified atom stereocenters. The fourth-order valence-corrected chi connectivity index (χ4v) is 3.65. The van der Waals surface area contributed by atoms with Crippen molar-refractivity contribution in [3.63, 3.8) is 0 Å². The van der Waals surface area contributed by atoms with E-state index in [4.69, 9.17) is 4.74 Å². The quantitative estimate of drug-likeness (QED) is 0.617. The molecule has 9 nitrogen and oxygen atoms in total. The molecule has 0 spiro atoms. The lowest BCUT2D eigenvalue weighted by molar-refractivity contribution is -0.146. The highest BCUT2D eigenvalue weighted by atomic mass is 19.4. The van der Waals surface area contributed by atoms with E-state index in [1.807, 2.05) is 17.9 Å². The highest BCUT2D eigenvalue weighted by Crippen LogP contribution is 2.28. The molecule has 1 amide bonds. The summed E-state index contributed by atoms with van der Waals surface area (Å²) in [6.07, 6.45) is -1.89. The number of hydrogen-bond donors (Lipinski definition) is 1. The second-order valence-corrected chi connectivity index (χ2v) is 7.36. The second-order valence-electron chi connectivity index (χ2n) is 7.36. The van der Waals surface area contributed by atoms with Crippen LogP contribution in [0.4, 0.5) is 19.0 Å². The maximum atomic E-state index is 13.1. The van der Waals surface area contributed by atoms with E-state index in [0.717, 1.165) is 5.56 Å². The summed E-state index contributed by atoms with van der Waals surface area (Å²) in [5.41, 5.74) is 0.823. The molecular weight excluding hydrogens is 427 g/mol. The Morgan fingerprint density at radius 2 is 2.00 bits per heavy atom. The van der Waals surface area contributed by atoms with Gasteiger partial charge in [-0.2, -0.15) is 17.7 Å². The molecule has 0 saturated carbocycles. The Hall–Kier alpha value is -3.44. The number of aromatic nitrogens is 5. The zero-order valence-corrected chi connectivity index (χ0v) is 17.3. The van der Waals surface area contributed by atoms with E-state index in [0.29, 0.717) is 55.3 Å². The molecule has 1 saturated heterocycles. The van der Waals surface area contributed by atoms with Gasteiger partial charge in [0.1, 0.15) is 5.82 Å². The van der Waals surface area contributed by atoms with Crippen LogP contribution in [0.1, 0.15) is 31.2 Å². The number of rotatable bonds is 6. The van der Waals surface area contributed by atoms with E-state index >= 15 is 0 Å². The summed E-state index contributed by atoms with van der Waals surface area (Å²) in [4.78, 5) is 18.7. The van der Waals surface area contributed by atoms with Crippen LogP contribution in [0.3, 0.4) is 0 Å². The summed E-state index contributed by atoms with van der Waals surface area (Å²) in [5, 5.41) is 13.7. The maximum absolute atomic E-state index is 13.1. The number of halogens is 3. The largest absolute Gasteiger partial charge is 0.478 e. The van der Waals surface area contributed by atoms with Gasteiger partial charge in [0.15, 0.2) is 5.65 Å². The minimum absolute atomic E-state index is 0.0252. The predicted molar refractivity (Wildman–Crippen MR) is 108 cm³/mol. The number of fused-ring (bicyclic) bond motifs is 1. The van der Waals surface area contributed by atoms with Crippen LogP contribution in [0.2, 0.25) is 0 Å². The fourth-order valence-electron chi connectivity index (χ4n) is 3.65. The van der Waals surface area contributed by atoms with Crippen molar-refractivity contribution in [1.82, 2.24) is 30.1 Å². The van der Waals surface area contributed by atoms with Gasteiger partial charge in [0, 0.05) is 37.3 Å². The third kappa shape index (κ3) is 4.58. The zero-order chi connectivity index (χ0) is 22.7. The van der Waals surface area contributed by atoms with Crippen LogP contribution >= 0.6 is 0 Å². The molecule has 4 heterocycles. The van der Waals surface area contributed by atoms with E-state index in [9.17, 15) is 18.0 Å². The molecule has 170 valence electrons. The number of alkyl halides is 3. The average molecular weight is 449 g/mol. The number of ether oxygens (including phenoxy) is 1. The Bertz CT molecular complexity index is 1090. The number of nitrogens with zero attached hydrogens (tertiary/aromatic N) is 6. The van der Waals surface area contributed by atoms with Crippen LogP contribution in [-0.4, -0.2) is 50.4 Å². The van der Waals surface area contributed by atoms with Gasteiger partial charge in [-0.05, 0) is 38.0 Å². The smallest absolute Gasteiger partial charge is 0.453 e. The lowest BCUT2D eigenvalue weighted by Crippen LogP contribution is -2.40. The lowest BCUT2D eigenvalue weighted by atomic mass is 9.96. The molecule has 0 aliphatic carbocycles. The molecule has 32 heavy (non-hydrogen) atoms. The first-order chi connectivity index (χ1) is 15.4. The minimum Gasteiger partial charge on any atom is -0.478 e. The molecule has 1 aliphatic heterocycles. The molecule has 0 radical (unpaired) electrons. The average Bonchev–Trinajstić information content (AvgIpc) is 3.22. The van der Waals surface area contributed by atoms with Crippen LogP contribution in [0, 0.1) is 5.92 Å². The van der Waals surface area contributed by atoms with E-state index < -0.39 is 12.0 Å². The lowest BCUT2D eigenvalue weighted by Gasteiger charge is -2.32. The van der Waals surface area contributed by atoms with Crippen molar-refractivity contribution in [2.75, 3.05) is 24.6 Å². The highest BCUT2D eigenvalue weighted by molar-refractivity contribution is 5.79. The van der Waals surface area contributed by atoms with Gasteiger partial charge in [-0.15, -0.1) is 15.3 Å². The zero-order valence-electron chi connectivity index (χ0n) is 17.3. The van der Waals surface area contributed by atoms with Crippen molar-refractivity contribution in [3.8, 4) is 5.88 Å². The first-order valence-corrected chi connectivity index (χ1v) is 10.3. The second kappa shape index (κ2) is 8.97. The number of pyridine rings is 1.